The van der Waals surface area contributed by atoms with Crippen molar-refractivity contribution in [3.05, 3.63) is 0 Å². The quantitative estimate of drug-likeness (QED) is 0.649. The molecule has 1 aliphatic rings. The average Bonchev–Trinajstić information content (AvgIpc) is 2.78. The normalized spacial score (nSPS) is 16.9. The van der Waals surface area contributed by atoms with Crippen LogP contribution in [0.25, 0.3) is 0 Å². The second-order valence-electron chi connectivity index (χ2n) is 5.50. The molecule has 0 atom stereocenters. The van der Waals surface area contributed by atoms with Gasteiger partial charge in [0.05, 0.1) is 6.07 Å². The van der Waals surface area contributed by atoms with E-state index in [9.17, 15) is 0 Å². The van der Waals surface area contributed by atoms with Crippen LogP contribution in [0.1, 0.15) is 39.5 Å². The highest BCUT2D eigenvalue weighted by Crippen LogP contribution is 2.08. The minimum Gasteiger partial charge on any atom is -0.303 e. The molecule has 0 amide bonds. The van der Waals surface area contributed by atoms with Crippen molar-refractivity contribution in [1.29, 1.82) is 5.26 Å². The molecule has 1 rings (SSSR count). The van der Waals surface area contributed by atoms with Crippen molar-refractivity contribution < 1.29 is 0 Å². The number of rotatable bonds is 8. The molecule has 0 aromatic carbocycles. The van der Waals surface area contributed by atoms with E-state index >= 15 is 0 Å². The van der Waals surface area contributed by atoms with Crippen molar-refractivity contribution in [3.8, 4) is 6.07 Å². The summed E-state index contributed by atoms with van der Waals surface area (Å²) in [6, 6.07) is 2.25. The van der Waals surface area contributed by atoms with Crippen molar-refractivity contribution in [3.63, 3.8) is 0 Å². The number of nitrogens with zero attached hydrogens (tertiary/aromatic N) is 3. The van der Waals surface area contributed by atoms with Gasteiger partial charge >= 0.3 is 0 Å². The first-order valence-corrected chi connectivity index (χ1v) is 7.04. The lowest BCUT2D eigenvalue weighted by Gasteiger charge is -2.24. The Balaban J connectivity index is 2.15. The fraction of sp³-hybridized carbons (Fsp3) is 0.929. The molecule has 0 saturated carbocycles. The van der Waals surface area contributed by atoms with Gasteiger partial charge in [0.25, 0.3) is 0 Å². The van der Waals surface area contributed by atoms with Crippen LogP contribution in [0.2, 0.25) is 0 Å². The lowest BCUT2D eigenvalue weighted by molar-refractivity contribution is 0.228. The summed E-state index contributed by atoms with van der Waals surface area (Å²) in [5.41, 5.74) is 0. The first-order chi connectivity index (χ1) is 8.22. The predicted molar refractivity (Wildman–Crippen MR) is 71.8 cm³/mol. The molecule has 0 aromatic rings. The van der Waals surface area contributed by atoms with Gasteiger partial charge in [0.15, 0.2) is 0 Å². The Hall–Kier alpha value is -0.590. The minimum absolute atomic E-state index is 0.663. The van der Waals surface area contributed by atoms with E-state index in [1.807, 2.05) is 0 Å². The largest absolute Gasteiger partial charge is 0.303 e. The first kappa shape index (κ1) is 14.5. The molecule has 0 aromatic heterocycles. The van der Waals surface area contributed by atoms with Gasteiger partial charge in [-0.15, -0.1) is 0 Å². The lowest BCUT2D eigenvalue weighted by Crippen LogP contribution is -2.32. The van der Waals surface area contributed by atoms with E-state index in [-0.39, 0.29) is 0 Å². The van der Waals surface area contributed by atoms with Crippen LogP contribution in [0.15, 0.2) is 0 Å². The number of hydrogen-bond donors (Lipinski definition) is 0. The second kappa shape index (κ2) is 8.49. The lowest BCUT2D eigenvalue weighted by atomic mass is 10.2. The summed E-state index contributed by atoms with van der Waals surface area (Å²) in [7, 11) is 0. The molecule has 0 radical (unpaired) electrons. The van der Waals surface area contributed by atoms with Gasteiger partial charge in [-0.2, -0.15) is 5.26 Å². The van der Waals surface area contributed by atoms with Crippen LogP contribution >= 0.6 is 0 Å². The van der Waals surface area contributed by atoms with Gasteiger partial charge in [-0.25, -0.2) is 0 Å². The SMILES string of the molecule is CC(C)CN(CCC#N)CCCN1CCCC1. The van der Waals surface area contributed by atoms with Crippen LogP contribution in [0.4, 0.5) is 0 Å². The Morgan fingerprint density at radius 3 is 2.53 bits per heavy atom. The highest BCUT2D eigenvalue weighted by atomic mass is 15.2. The van der Waals surface area contributed by atoms with Crippen molar-refractivity contribution in [1.82, 2.24) is 9.80 Å². The summed E-state index contributed by atoms with van der Waals surface area (Å²) in [6.07, 6.45) is 4.67. The van der Waals surface area contributed by atoms with Gasteiger partial charge in [0.2, 0.25) is 0 Å². The third-order valence-electron chi connectivity index (χ3n) is 3.31. The third-order valence-corrected chi connectivity index (χ3v) is 3.31. The van der Waals surface area contributed by atoms with Crippen molar-refractivity contribution in [2.75, 3.05) is 39.3 Å². The molecule has 0 unspecified atom stereocenters. The topological polar surface area (TPSA) is 30.3 Å². The summed E-state index contributed by atoms with van der Waals surface area (Å²) in [5.74, 6) is 0.695. The van der Waals surface area contributed by atoms with Gasteiger partial charge in [-0.1, -0.05) is 13.8 Å². The summed E-state index contributed by atoms with van der Waals surface area (Å²) in [6.45, 7) is 11.5. The maximum atomic E-state index is 8.66. The van der Waals surface area contributed by atoms with Crippen LogP contribution < -0.4 is 0 Å². The summed E-state index contributed by atoms with van der Waals surface area (Å²) in [4.78, 5) is 5.02. The van der Waals surface area contributed by atoms with Crippen molar-refractivity contribution in [2.45, 2.75) is 39.5 Å². The maximum absolute atomic E-state index is 8.66. The zero-order valence-corrected chi connectivity index (χ0v) is 11.5. The van der Waals surface area contributed by atoms with Gasteiger partial charge in [-0.3, -0.25) is 0 Å². The molecule has 0 N–H and O–H groups in total. The van der Waals surface area contributed by atoms with Crippen LogP contribution in [0, 0.1) is 17.2 Å². The molecule has 1 saturated heterocycles. The maximum Gasteiger partial charge on any atom is 0.0635 e. The summed E-state index contributed by atoms with van der Waals surface area (Å²) in [5, 5.41) is 8.66. The molecule has 3 nitrogen and oxygen atoms in total. The Kier molecular flexibility index (Phi) is 7.23. The molecular weight excluding hydrogens is 210 g/mol. The molecule has 17 heavy (non-hydrogen) atoms. The van der Waals surface area contributed by atoms with E-state index in [0.29, 0.717) is 12.3 Å². The highest BCUT2D eigenvalue weighted by Gasteiger charge is 2.12. The van der Waals surface area contributed by atoms with E-state index in [2.05, 4.69) is 29.7 Å². The number of hydrogen-bond acceptors (Lipinski definition) is 3. The fourth-order valence-corrected chi connectivity index (χ4v) is 2.54. The average molecular weight is 237 g/mol. The Morgan fingerprint density at radius 1 is 1.24 bits per heavy atom. The van der Waals surface area contributed by atoms with E-state index in [4.69, 9.17) is 5.26 Å². The number of nitriles is 1. The van der Waals surface area contributed by atoms with Crippen molar-refractivity contribution in [2.24, 2.45) is 5.92 Å². The fourth-order valence-electron chi connectivity index (χ4n) is 2.54. The number of likely N-dealkylation sites (tertiary alicyclic amines) is 1. The smallest absolute Gasteiger partial charge is 0.0635 e. The Bertz CT molecular complexity index is 226. The summed E-state index contributed by atoms with van der Waals surface area (Å²) >= 11 is 0. The molecule has 0 aliphatic carbocycles. The standard InChI is InChI=1S/C14H27N3/c1-14(2)13-17(10-5-7-15)12-6-11-16-8-3-4-9-16/h14H,3-6,8-13H2,1-2H3. The highest BCUT2D eigenvalue weighted by molar-refractivity contribution is 4.73. The minimum atomic E-state index is 0.663. The molecular formula is C14H27N3. The Labute approximate surface area is 106 Å². The van der Waals surface area contributed by atoms with E-state index in [0.717, 1.165) is 19.6 Å². The molecule has 1 heterocycles. The summed E-state index contributed by atoms with van der Waals surface area (Å²) < 4.78 is 0. The Morgan fingerprint density at radius 2 is 1.94 bits per heavy atom. The van der Waals surface area contributed by atoms with Gasteiger partial charge in [-0.05, 0) is 51.4 Å². The second-order valence-corrected chi connectivity index (χ2v) is 5.50. The molecule has 98 valence electrons. The van der Waals surface area contributed by atoms with E-state index in [1.165, 1.54) is 38.9 Å². The molecule has 0 spiro atoms. The van der Waals surface area contributed by atoms with Gasteiger partial charge < -0.3 is 9.80 Å². The predicted octanol–water partition coefficient (Wildman–Crippen LogP) is 2.34. The molecule has 3 heteroatoms. The van der Waals surface area contributed by atoms with Crippen LogP contribution in [0.3, 0.4) is 0 Å². The van der Waals surface area contributed by atoms with E-state index in [1.54, 1.807) is 0 Å². The van der Waals surface area contributed by atoms with Gasteiger partial charge in [0, 0.05) is 19.5 Å². The molecule has 1 fully saturated rings. The monoisotopic (exact) mass is 237 g/mol. The first-order valence-electron chi connectivity index (χ1n) is 7.04. The van der Waals surface area contributed by atoms with Gasteiger partial charge in [0.1, 0.15) is 0 Å². The zero-order chi connectivity index (χ0) is 12.5. The molecule has 0 bridgehead atoms. The zero-order valence-electron chi connectivity index (χ0n) is 11.5. The molecule has 1 aliphatic heterocycles. The van der Waals surface area contributed by atoms with Crippen molar-refractivity contribution >= 4 is 0 Å². The van der Waals surface area contributed by atoms with E-state index < -0.39 is 0 Å². The van der Waals surface area contributed by atoms with Crippen LogP contribution in [-0.4, -0.2) is 49.1 Å². The third kappa shape index (κ3) is 6.65. The van der Waals surface area contributed by atoms with Crippen LogP contribution in [0.5, 0.6) is 0 Å². The van der Waals surface area contributed by atoms with Crippen LogP contribution in [-0.2, 0) is 0 Å².